The number of carbonyl (C=O) groups is 4. The van der Waals surface area contributed by atoms with Gasteiger partial charge in [0.2, 0.25) is 0 Å². The van der Waals surface area contributed by atoms with Crippen molar-refractivity contribution in [2.24, 2.45) is 84.7 Å². The lowest BCUT2D eigenvalue weighted by molar-refractivity contribution is -0.216. The van der Waals surface area contributed by atoms with Gasteiger partial charge >= 0.3 is 11.9 Å². The molecule has 2 N–H and O–H groups in total. The second-order valence-electron chi connectivity index (χ2n) is 23.5. The molecule has 0 saturated heterocycles. The predicted molar refractivity (Wildman–Crippen MR) is 220 cm³/mol. The smallest absolute Gasteiger partial charge is 0.311 e. The van der Waals surface area contributed by atoms with Crippen LogP contribution < -0.4 is 0 Å². The molecule has 0 aliphatic heterocycles. The molecule has 5 saturated carbocycles. The van der Waals surface area contributed by atoms with Gasteiger partial charge < -0.3 is 10.2 Å². The van der Waals surface area contributed by atoms with E-state index in [0.29, 0.717) is 62.1 Å². The topological polar surface area (TPSA) is 109 Å². The molecule has 0 radical (unpaired) electrons. The summed E-state index contributed by atoms with van der Waals surface area (Å²) in [6.07, 6.45) is 16.4. The standard InChI is InChI=1S/C50H74O6/c1-29(2)33-28-49-23-16-38-45(7,18-11-19-46(38,8)41(53)54)39(49)25-31(33)26-50(49,42(55)56)27-32(51)24-30(3)34-14-21-48(10)36-12-13-37-43(4,5)40(52)17-20-44(37,6)35(36)15-22-47(34,48)9/h28-31,34,37-39H,11-27H2,1-10H3,(H,53,54)(H,55,56)/t30-,31-,34-,37+,38-,39-,44-,45+,46-,47-,48+,49+,50-/m1/s1. The van der Waals surface area contributed by atoms with E-state index >= 15 is 0 Å². The average Bonchev–Trinajstić information content (AvgIpc) is 3.40. The molecule has 9 rings (SSSR count). The van der Waals surface area contributed by atoms with Crippen molar-refractivity contribution in [3.63, 3.8) is 0 Å². The lowest BCUT2D eigenvalue weighted by Gasteiger charge is -2.70. The minimum atomic E-state index is -1.16. The maximum Gasteiger partial charge on any atom is 0.311 e. The molecule has 1 spiro atoms. The molecule has 0 heterocycles. The van der Waals surface area contributed by atoms with Crippen molar-refractivity contribution < 1.29 is 29.4 Å². The van der Waals surface area contributed by atoms with Crippen LogP contribution in [0.3, 0.4) is 0 Å². The van der Waals surface area contributed by atoms with Crippen LogP contribution in [0.25, 0.3) is 0 Å². The zero-order chi connectivity index (χ0) is 40.8. The van der Waals surface area contributed by atoms with Gasteiger partial charge in [-0.2, -0.15) is 0 Å². The number of fused-ring (bicyclic) bond motifs is 6. The summed E-state index contributed by atoms with van der Waals surface area (Å²) < 4.78 is 0. The summed E-state index contributed by atoms with van der Waals surface area (Å²) in [5.41, 5.74) is 1.78. The largest absolute Gasteiger partial charge is 0.481 e. The molecule has 56 heavy (non-hydrogen) atoms. The van der Waals surface area contributed by atoms with E-state index < -0.39 is 28.2 Å². The summed E-state index contributed by atoms with van der Waals surface area (Å²) in [6.45, 7) is 22.9. The van der Waals surface area contributed by atoms with E-state index in [1.54, 1.807) is 11.1 Å². The maximum atomic E-state index is 14.8. The van der Waals surface area contributed by atoms with E-state index in [2.05, 4.69) is 68.4 Å². The summed E-state index contributed by atoms with van der Waals surface area (Å²) >= 11 is 0. The Labute approximate surface area is 337 Å². The molecule has 0 unspecified atom stereocenters. The number of carboxylic acid groups (broad SMARTS) is 2. The van der Waals surface area contributed by atoms with Crippen LogP contribution in [-0.2, 0) is 19.2 Å². The molecule has 6 nitrogen and oxygen atoms in total. The van der Waals surface area contributed by atoms with E-state index in [1.165, 1.54) is 5.57 Å². The molecule has 9 aliphatic rings. The average molecular weight is 771 g/mol. The Morgan fingerprint density at radius 2 is 1.48 bits per heavy atom. The minimum Gasteiger partial charge on any atom is -0.481 e. The van der Waals surface area contributed by atoms with Crippen LogP contribution in [0.1, 0.15) is 178 Å². The zero-order valence-electron chi connectivity index (χ0n) is 36.7. The first kappa shape index (κ1) is 40.5. The highest BCUT2D eigenvalue weighted by Gasteiger charge is 2.73. The van der Waals surface area contributed by atoms with Crippen LogP contribution in [-0.4, -0.2) is 33.7 Å². The number of carbonyl (C=O) groups excluding carboxylic acids is 2. The molecule has 6 heteroatoms. The van der Waals surface area contributed by atoms with Crippen molar-refractivity contribution in [2.75, 3.05) is 0 Å². The highest BCUT2D eigenvalue weighted by molar-refractivity contribution is 5.88. The Hall–Kier alpha value is -2.24. The van der Waals surface area contributed by atoms with Crippen molar-refractivity contribution in [2.45, 2.75) is 178 Å². The van der Waals surface area contributed by atoms with Crippen molar-refractivity contribution in [1.29, 1.82) is 0 Å². The fourth-order valence-corrected chi connectivity index (χ4v) is 18.0. The normalized spacial score (nSPS) is 48.2. The summed E-state index contributed by atoms with van der Waals surface area (Å²) in [5, 5.41) is 22.1. The molecule has 9 aliphatic carbocycles. The highest BCUT2D eigenvalue weighted by atomic mass is 16.4. The van der Waals surface area contributed by atoms with Gasteiger partial charge in [-0.15, -0.1) is 0 Å². The number of rotatable bonds is 8. The van der Waals surface area contributed by atoms with Gasteiger partial charge in [0, 0.05) is 30.1 Å². The van der Waals surface area contributed by atoms with Crippen LogP contribution in [0.4, 0.5) is 0 Å². The van der Waals surface area contributed by atoms with Crippen LogP contribution in [0.15, 0.2) is 22.8 Å². The zero-order valence-corrected chi connectivity index (χ0v) is 36.7. The number of carboxylic acids is 2. The van der Waals surface area contributed by atoms with Gasteiger partial charge in [0.05, 0.1) is 10.8 Å². The monoisotopic (exact) mass is 771 g/mol. The van der Waals surface area contributed by atoms with E-state index in [1.807, 2.05) is 6.92 Å². The first-order chi connectivity index (χ1) is 26.0. The van der Waals surface area contributed by atoms with Crippen LogP contribution >= 0.6 is 0 Å². The molecular formula is C50H74O6. The van der Waals surface area contributed by atoms with Gasteiger partial charge in [0.25, 0.3) is 0 Å². The van der Waals surface area contributed by atoms with Gasteiger partial charge in [-0.05, 0) is 153 Å². The Morgan fingerprint density at radius 1 is 0.768 bits per heavy atom. The lowest BCUT2D eigenvalue weighted by atomic mass is 9.32. The van der Waals surface area contributed by atoms with Crippen molar-refractivity contribution in [1.82, 2.24) is 0 Å². The van der Waals surface area contributed by atoms with E-state index in [0.717, 1.165) is 64.2 Å². The first-order valence-corrected chi connectivity index (χ1v) is 23.0. The predicted octanol–water partition coefficient (Wildman–Crippen LogP) is 11.7. The third-order valence-electron chi connectivity index (χ3n) is 21.0. The number of aliphatic carboxylic acids is 2. The number of hydrogen-bond donors (Lipinski definition) is 2. The lowest BCUT2D eigenvalue weighted by Crippen LogP contribution is -2.67. The van der Waals surface area contributed by atoms with Crippen molar-refractivity contribution in [3.05, 3.63) is 22.8 Å². The molecule has 5 fully saturated rings. The molecule has 13 atom stereocenters. The van der Waals surface area contributed by atoms with Gasteiger partial charge in [0.1, 0.15) is 11.6 Å². The van der Waals surface area contributed by atoms with Crippen molar-refractivity contribution >= 4 is 23.5 Å². The summed E-state index contributed by atoms with van der Waals surface area (Å²) in [7, 11) is 0. The Balaban J connectivity index is 1.08. The maximum absolute atomic E-state index is 14.8. The number of allylic oxidation sites excluding steroid dienone is 4. The SMILES string of the molecule is CC(C)C1=C[C@@]23CC[C@@H]4[C@](C)(CCC[C@@]4(C)C(=O)O)[C@H]2C[C@@H]1C[C@@]3(CC(=O)C[C@@H](C)[C@H]1CC[C@@]2(C)C3=C(CC[C@]12C)[C@@]1(C)CCC(=O)C(C)(C)[C@@H]1CC3)C(=O)O. The van der Waals surface area contributed by atoms with Crippen LogP contribution in [0.2, 0.25) is 0 Å². The Bertz CT molecular complexity index is 1800. The fraction of sp³-hybridized carbons (Fsp3) is 0.840. The quantitative estimate of drug-likeness (QED) is 0.238. The Morgan fingerprint density at radius 3 is 2.14 bits per heavy atom. The third-order valence-corrected chi connectivity index (χ3v) is 21.0. The fourth-order valence-electron chi connectivity index (χ4n) is 18.0. The molecule has 0 aromatic rings. The van der Waals surface area contributed by atoms with E-state index in [9.17, 15) is 29.4 Å². The van der Waals surface area contributed by atoms with Gasteiger partial charge in [0.15, 0.2) is 0 Å². The molecule has 2 bridgehead atoms. The number of ketones is 2. The van der Waals surface area contributed by atoms with Crippen LogP contribution in [0, 0.1) is 84.7 Å². The molecule has 310 valence electrons. The van der Waals surface area contributed by atoms with Crippen molar-refractivity contribution in [3.8, 4) is 0 Å². The minimum absolute atomic E-state index is 0.00243. The Kier molecular flexibility index (Phi) is 9.15. The first-order valence-electron chi connectivity index (χ1n) is 23.0. The molecule has 0 aromatic carbocycles. The highest BCUT2D eigenvalue weighted by Crippen LogP contribution is 2.77. The van der Waals surface area contributed by atoms with Gasteiger partial charge in [-0.25, -0.2) is 0 Å². The van der Waals surface area contributed by atoms with E-state index in [-0.39, 0.29) is 63.0 Å². The van der Waals surface area contributed by atoms with Gasteiger partial charge in [-0.1, -0.05) is 91.5 Å². The number of hydrogen-bond acceptors (Lipinski definition) is 4. The second-order valence-corrected chi connectivity index (χ2v) is 23.5. The third kappa shape index (κ3) is 4.97. The van der Waals surface area contributed by atoms with E-state index in [4.69, 9.17) is 0 Å². The summed E-state index contributed by atoms with van der Waals surface area (Å²) in [5.74, 6) is 0.470. The summed E-state index contributed by atoms with van der Waals surface area (Å²) in [6, 6.07) is 0. The molecule has 0 aromatic heterocycles. The summed E-state index contributed by atoms with van der Waals surface area (Å²) in [4.78, 5) is 54.8. The van der Waals surface area contributed by atoms with Gasteiger partial charge in [-0.3, -0.25) is 19.2 Å². The molecule has 0 amide bonds. The molecular weight excluding hydrogens is 697 g/mol. The number of Topliss-reactive ketones (excluding diaryl/α,β-unsaturated/α-hetero) is 2. The second kappa shape index (κ2) is 12.6. The van der Waals surface area contributed by atoms with Crippen LogP contribution in [0.5, 0.6) is 0 Å².